The molecular formula is C28H39N3O3. The Balaban J connectivity index is 1.69. The average molecular weight is 466 g/mol. The number of hydrogen-bond acceptors (Lipinski definition) is 5. The van der Waals surface area contributed by atoms with Crippen molar-refractivity contribution >= 4 is 22.4 Å². The molecule has 1 heterocycles. The number of carbonyl (C=O) groups is 1. The third-order valence-corrected chi connectivity index (χ3v) is 6.40. The summed E-state index contributed by atoms with van der Waals surface area (Å²) in [6.07, 6.45) is 0.671. The van der Waals surface area contributed by atoms with Crippen LogP contribution in [-0.4, -0.2) is 50.0 Å². The summed E-state index contributed by atoms with van der Waals surface area (Å²) < 4.78 is 11.3. The normalized spacial score (nSPS) is 16.7. The zero-order valence-corrected chi connectivity index (χ0v) is 21.5. The van der Waals surface area contributed by atoms with Gasteiger partial charge in [-0.15, -0.1) is 0 Å². The largest absolute Gasteiger partial charge is 0.378 e. The number of benzene rings is 2. The highest BCUT2D eigenvalue weighted by atomic mass is 16.5. The Labute approximate surface area is 204 Å². The molecule has 1 saturated heterocycles. The molecule has 0 saturated carbocycles. The van der Waals surface area contributed by atoms with E-state index in [9.17, 15) is 10.1 Å². The van der Waals surface area contributed by atoms with Gasteiger partial charge < -0.3 is 19.7 Å². The number of hydrogen-bond donors (Lipinski definition) is 1. The lowest BCUT2D eigenvalue weighted by Gasteiger charge is -2.30. The summed E-state index contributed by atoms with van der Waals surface area (Å²) in [6, 6.07) is 14.9. The lowest BCUT2D eigenvalue weighted by molar-refractivity contribution is -0.125. The quantitative estimate of drug-likeness (QED) is 0.593. The first kappa shape index (κ1) is 26.0. The van der Waals surface area contributed by atoms with E-state index in [1.165, 1.54) is 5.69 Å². The molecule has 2 aromatic carbocycles. The maximum atomic E-state index is 13.1. The SMILES string of the molecule is CC(c1ccc2cc(N3CCOCC3)ccc2c1)C(C#N)C(=O)NC(C)(C)CCOC(C)(C)C. The van der Waals surface area contributed by atoms with Crippen molar-refractivity contribution in [2.24, 2.45) is 5.92 Å². The van der Waals surface area contributed by atoms with Crippen LogP contribution < -0.4 is 10.2 Å². The van der Waals surface area contributed by atoms with Crippen LogP contribution in [0.15, 0.2) is 36.4 Å². The molecule has 34 heavy (non-hydrogen) atoms. The molecule has 2 aromatic rings. The van der Waals surface area contributed by atoms with Gasteiger partial charge in [0, 0.05) is 36.8 Å². The topological polar surface area (TPSA) is 74.6 Å². The zero-order chi connectivity index (χ0) is 24.9. The van der Waals surface area contributed by atoms with Gasteiger partial charge in [-0.25, -0.2) is 0 Å². The number of rotatable bonds is 8. The molecule has 0 radical (unpaired) electrons. The molecule has 3 rings (SSSR count). The number of amides is 1. The Morgan fingerprint density at radius 3 is 2.41 bits per heavy atom. The number of nitrogens with one attached hydrogen (secondary N) is 1. The number of morpholine rings is 1. The smallest absolute Gasteiger partial charge is 0.238 e. The maximum Gasteiger partial charge on any atom is 0.238 e. The third-order valence-electron chi connectivity index (χ3n) is 6.40. The number of anilines is 1. The third kappa shape index (κ3) is 6.94. The van der Waals surface area contributed by atoms with Crippen molar-refractivity contribution in [3.05, 3.63) is 42.0 Å². The van der Waals surface area contributed by atoms with Crippen LogP contribution in [0.25, 0.3) is 10.8 Å². The predicted octanol–water partition coefficient (Wildman–Crippen LogP) is 5.02. The van der Waals surface area contributed by atoms with E-state index in [0.717, 1.165) is 42.6 Å². The molecule has 1 aliphatic heterocycles. The van der Waals surface area contributed by atoms with Gasteiger partial charge in [0.2, 0.25) is 5.91 Å². The maximum absolute atomic E-state index is 13.1. The standard InChI is InChI=1S/C28H39N3O3/c1-20(25(19-29)26(32)30-28(5,6)11-14-34-27(2,3)4)21-7-8-23-18-24(10-9-22(23)17-21)31-12-15-33-16-13-31/h7-10,17-18,20,25H,11-16H2,1-6H3,(H,30,32). The fourth-order valence-electron chi connectivity index (χ4n) is 4.23. The fourth-order valence-corrected chi connectivity index (χ4v) is 4.23. The van der Waals surface area contributed by atoms with E-state index in [2.05, 4.69) is 46.6 Å². The van der Waals surface area contributed by atoms with Crippen LogP contribution in [0, 0.1) is 17.2 Å². The Morgan fingerprint density at radius 1 is 1.12 bits per heavy atom. The fraction of sp³-hybridized carbons (Fsp3) is 0.571. The lowest BCUT2D eigenvalue weighted by atomic mass is 9.86. The number of nitriles is 1. The highest BCUT2D eigenvalue weighted by Gasteiger charge is 2.31. The monoisotopic (exact) mass is 465 g/mol. The molecule has 6 heteroatoms. The van der Waals surface area contributed by atoms with Crippen molar-refractivity contribution in [3.8, 4) is 6.07 Å². The first-order chi connectivity index (χ1) is 16.0. The molecule has 2 atom stereocenters. The van der Waals surface area contributed by atoms with Crippen molar-refractivity contribution in [3.63, 3.8) is 0 Å². The first-order valence-electron chi connectivity index (χ1n) is 12.2. The van der Waals surface area contributed by atoms with E-state index in [4.69, 9.17) is 9.47 Å². The molecule has 0 aromatic heterocycles. The average Bonchev–Trinajstić information content (AvgIpc) is 2.78. The van der Waals surface area contributed by atoms with E-state index in [1.54, 1.807) is 0 Å². The number of nitrogens with zero attached hydrogens (tertiary/aromatic N) is 2. The van der Waals surface area contributed by atoms with E-state index < -0.39 is 11.5 Å². The van der Waals surface area contributed by atoms with Crippen LogP contribution in [0.4, 0.5) is 5.69 Å². The minimum absolute atomic E-state index is 0.219. The van der Waals surface area contributed by atoms with Crippen LogP contribution in [0.1, 0.15) is 59.4 Å². The van der Waals surface area contributed by atoms with Crippen LogP contribution in [0.5, 0.6) is 0 Å². The van der Waals surface area contributed by atoms with Gasteiger partial charge >= 0.3 is 0 Å². The van der Waals surface area contributed by atoms with Crippen LogP contribution in [0.2, 0.25) is 0 Å². The highest BCUT2D eigenvalue weighted by Crippen LogP contribution is 2.30. The summed E-state index contributed by atoms with van der Waals surface area (Å²) in [5.41, 5.74) is 1.50. The molecular weight excluding hydrogens is 426 g/mol. The van der Waals surface area contributed by atoms with Gasteiger partial charge in [0.05, 0.1) is 24.9 Å². The number of fused-ring (bicyclic) bond motifs is 1. The molecule has 0 bridgehead atoms. The van der Waals surface area contributed by atoms with Crippen LogP contribution in [-0.2, 0) is 14.3 Å². The highest BCUT2D eigenvalue weighted by molar-refractivity contribution is 5.87. The first-order valence-corrected chi connectivity index (χ1v) is 12.2. The molecule has 1 N–H and O–H groups in total. The summed E-state index contributed by atoms with van der Waals surface area (Å²) in [5, 5.41) is 15.2. The molecule has 1 fully saturated rings. The summed E-state index contributed by atoms with van der Waals surface area (Å²) in [7, 11) is 0. The number of carbonyl (C=O) groups excluding carboxylic acids is 1. The summed E-state index contributed by atoms with van der Waals surface area (Å²) in [5.74, 6) is -1.23. The van der Waals surface area contributed by atoms with Gasteiger partial charge in [-0.1, -0.05) is 31.2 Å². The van der Waals surface area contributed by atoms with Gasteiger partial charge in [0.25, 0.3) is 0 Å². The second-order valence-electron chi connectivity index (χ2n) is 10.9. The van der Waals surface area contributed by atoms with Gasteiger partial charge in [0.1, 0.15) is 5.92 Å². The van der Waals surface area contributed by atoms with Gasteiger partial charge in [-0.3, -0.25) is 4.79 Å². The number of ether oxygens (including phenoxy) is 2. The summed E-state index contributed by atoms with van der Waals surface area (Å²) in [6.45, 7) is 15.8. The Hall–Kier alpha value is -2.62. The minimum atomic E-state index is -0.770. The van der Waals surface area contributed by atoms with Gasteiger partial charge in [-0.2, -0.15) is 5.26 Å². The molecule has 0 aliphatic carbocycles. The Bertz CT molecular complexity index is 1030. The van der Waals surface area contributed by atoms with Crippen molar-refractivity contribution < 1.29 is 14.3 Å². The molecule has 2 unspecified atom stereocenters. The molecule has 6 nitrogen and oxygen atoms in total. The molecule has 1 amide bonds. The van der Waals surface area contributed by atoms with Crippen LogP contribution >= 0.6 is 0 Å². The van der Waals surface area contributed by atoms with Crippen molar-refractivity contribution in [2.75, 3.05) is 37.8 Å². The summed E-state index contributed by atoms with van der Waals surface area (Å²) >= 11 is 0. The summed E-state index contributed by atoms with van der Waals surface area (Å²) in [4.78, 5) is 15.4. The van der Waals surface area contributed by atoms with Gasteiger partial charge in [-0.05, 0) is 69.5 Å². The predicted molar refractivity (Wildman–Crippen MR) is 137 cm³/mol. The van der Waals surface area contributed by atoms with E-state index in [0.29, 0.717) is 13.0 Å². The van der Waals surface area contributed by atoms with E-state index in [1.807, 2.05) is 47.6 Å². The van der Waals surface area contributed by atoms with Crippen molar-refractivity contribution in [1.82, 2.24) is 5.32 Å². The second kappa shape index (κ2) is 10.8. The zero-order valence-electron chi connectivity index (χ0n) is 21.5. The van der Waals surface area contributed by atoms with E-state index >= 15 is 0 Å². The van der Waals surface area contributed by atoms with Crippen molar-refractivity contribution in [1.29, 1.82) is 5.26 Å². The van der Waals surface area contributed by atoms with Crippen molar-refractivity contribution in [2.45, 2.75) is 65.0 Å². The molecule has 1 aliphatic rings. The van der Waals surface area contributed by atoms with Gasteiger partial charge in [0.15, 0.2) is 0 Å². The molecule has 184 valence electrons. The van der Waals surface area contributed by atoms with E-state index in [-0.39, 0.29) is 17.4 Å². The Kier molecular flexibility index (Phi) is 8.22. The minimum Gasteiger partial charge on any atom is -0.378 e. The Morgan fingerprint density at radius 2 is 1.76 bits per heavy atom. The lowest BCUT2D eigenvalue weighted by Crippen LogP contribution is -2.47. The van der Waals surface area contributed by atoms with Crippen LogP contribution in [0.3, 0.4) is 0 Å². The second-order valence-corrected chi connectivity index (χ2v) is 10.9. The molecule has 0 spiro atoms.